The summed E-state index contributed by atoms with van der Waals surface area (Å²) in [6.07, 6.45) is 7.97. The van der Waals surface area contributed by atoms with Gasteiger partial charge in [0, 0.05) is 19.6 Å². The van der Waals surface area contributed by atoms with E-state index in [1.165, 1.54) is 44.1 Å². The van der Waals surface area contributed by atoms with Gasteiger partial charge in [0.2, 0.25) is 0 Å². The Hall–Kier alpha value is -0.510. The zero-order valence-corrected chi connectivity index (χ0v) is 13.9. The molecule has 2 rings (SSSR count). The summed E-state index contributed by atoms with van der Waals surface area (Å²) in [4.78, 5) is 2.41. The normalized spacial score (nSPS) is 18.6. The van der Waals surface area contributed by atoms with Crippen LogP contribution in [0.5, 0.6) is 0 Å². The molecule has 2 nitrogen and oxygen atoms in total. The van der Waals surface area contributed by atoms with E-state index in [4.69, 9.17) is 0 Å². The first-order valence-corrected chi connectivity index (χ1v) is 8.89. The molecule has 0 atom stereocenters. The van der Waals surface area contributed by atoms with Gasteiger partial charge in [0.25, 0.3) is 0 Å². The van der Waals surface area contributed by atoms with Gasteiger partial charge in [0.05, 0.1) is 6.61 Å². The fraction of sp³-hybridized carbons (Fsp3) is 0.667. The average molecular weight is 308 g/mol. The maximum atomic E-state index is 9.40. The van der Waals surface area contributed by atoms with Crippen LogP contribution in [0.1, 0.15) is 44.1 Å². The molecule has 0 spiro atoms. The van der Waals surface area contributed by atoms with Crippen molar-refractivity contribution in [1.29, 1.82) is 0 Å². The van der Waals surface area contributed by atoms with Gasteiger partial charge in [0.15, 0.2) is 0 Å². The quantitative estimate of drug-likeness (QED) is 0.592. The molecule has 0 saturated heterocycles. The third kappa shape index (κ3) is 5.32. The summed E-state index contributed by atoms with van der Waals surface area (Å²) in [5.74, 6) is 0.962. The van der Waals surface area contributed by atoms with Gasteiger partial charge in [-0.05, 0) is 29.6 Å². The van der Waals surface area contributed by atoms with Crippen molar-refractivity contribution in [1.82, 2.24) is 4.90 Å². The van der Waals surface area contributed by atoms with Crippen LogP contribution in [0.3, 0.4) is 0 Å². The van der Waals surface area contributed by atoms with E-state index in [1.807, 2.05) is 0 Å². The zero-order chi connectivity index (χ0) is 15.0. The van der Waals surface area contributed by atoms with Crippen molar-refractivity contribution >= 4 is 12.6 Å². The maximum Gasteiger partial charge on any atom is 0.0558 e. The predicted octanol–water partition coefficient (Wildman–Crippen LogP) is 3.75. The Morgan fingerprint density at radius 3 is 2.29 bits per heavy atom. The SMILES string of the molecule is OCCN(Cc1ccccc1)CC1(CS)CCCCCC1. The van der Waals surface area contributed by atoms with Crippen molar-refractivity contribution in [2.75, 3.05) is 25.4 Å². The third-order valence-electron chi connectivity index (χ3n) is 4.72. The van der Waals surface area contributed by atoms with Crippen LogP contribution >= 0.6 is 12.6 Å². The maximum absolute atomic E-state index is 9.40. The van der Waals surface area contributed by atoms with Crippen LogP contribution in [0.25, 0.3) is 0 Å². The van der Waals surface area contributed by atoms with E-state index >= 15 is 0 Å². The molecule has 0 aromatic heterocycles. The van der Waals surface area contributed by atoms with Crippen LogP contribution < -0.4 is 0 Å². The molecule has 1 fully saturated rings. The molecule has 1 aliphatic carbocycles. The molecule has 3 heteroatoms. The first-order chi connectivity index (χ1) is 10.3. The Morgan fingerprint density at radius 1 is 1.05 bits per heavy atom. The van der Waals surface area contributed by atoms with Crippen molar-refractivity contribution in [3.8, 4) is 0 Å². The Kier molecular flexibility index (Phi) is 7.08. The lowest BCUT2D eigenvalue weighted by Crippen LogP contribution is -2.40. The number of hydrogen-bond acceptors (Lipinski definition) is 3. The minimum Gasteiger partial charge on any atom is -0.395 e. The molecule has 0 aliphatic heterocycles. The van der Waals surface area contributed by atoms with Crippen LogP contribution in [-0.4, -0.2) is 35.5 Å². The minimum absolute atomic E-state index is 0.232. The summed E-state index contributed by atoms with van der Waals surface area (Å²) < 4.78 is 0. The lowest BCUT2D eigenvalue weighted by atomic mass is 9.81. The zero-order valence-electron chi connectivity index (χ0n) is 13.0. The van der Waals surface area contributed by atoms with Crippen LogP contribution in [0.2, 0.25) is 0 Å². The molecular weight excluding hydrogens is 278 g/mol. The topological polar surface area (TPSA) is 23.5 Å². The Morgan fingerprint density at radius 2 is 1.71 bits per heavy atom. The summed E-state index contributed by atoms with van der Waals surface area (Å²) >= 11 is 4.68. The molecule has 0 radical (unpaired) electrons. The minimum atomic E-state index is 0.232. The van der Waals surface area contributed by atoms with E-state index < -0.39 is 0 Å². The number of rotatable bonds is 7. The van der Waals surface area contributed by atoms with Crippen molar-refractivity contribution in [3.63, 3.8) is 0 Å². The lowest BCUT2D eigenvalue weighted by Gasteiger charge is -2.37. The summed E-state index contributed by atoms with van der Waals surface area (Å²) in [7, 11) is 0. The molecule has 1 N–H and O–H groups in total. The van der Waals surface area contributed by atoms with E-state index in [-0.39, 0.29) is 6.61 Å². The second kappa shape index (κ2) is 8.82. The Labute approximate surface area is 135 Å². The third-order valence-corrected chi connectivity index (χ3v) is 5.39. The molecule has 1 aromatic rings. The van der Waals surface area contributed by atoms with Crippen LogP contribution in [-0.2, 0) is 6.54 Å². The molecular formula is C18H29NOS. The number of aliphatic hydroxyl groups excluding tert-OH is 1. The van der Waals surface area contributed by atoms with Gasteiger partial charge >= 0.3 is 0 Å². The summed E-state index contributed by atoms with van der Waals surface area (Å²) in [6.45, 7) is 2.97. The smallest absolute Gasteiger partial charge is 0.0558 e. The number of hydrogen-bond donors (Lipinski definition) is 2. The fourth-order valence-corrected chi connectivity index (χ4v) is 3.93. The van der Waals surface area contributed by atoms with Crippen molar-refractivity contribution < 1.29 is 5.11 Å². The molecule has 118 valence electrons. The second-order valence-corrected chi connectivity index (χ2v) is 6.81. The predicted molar refractivity (Wildman–Crippen MR) is 92.8 cm³/mol. The summed E-state index contributed by atoms with van der Waals surface area (Å²) in [6, 6.07) is 10.6. The van der Waals surface area contributed by atoms with Crippen molar-refractivity contribution in [2.45, 2.75) is 45.1 Å². The first-order valence-electron chi connectivity index (χ1n) is 8.26. The lowest BCUT2D eigenvalue weighted by molar-refractivity contribution is 0.120. The second-order valence-electron chi connectivity index (χ2n) is 6.49. The van der Waals surface area contributed by atoms with E-state index in [1.54, 1.807) is 0 Å². The number of thiol groups is 1. The molecule has 21 heavy (non-hydrogen) atoms. The highest BCUT2D eigenvalue weighted by Gasteiger charge is 2.31. The average Bonchev–Trinajstić information content (AvgIpc) is 2.75. The monoisotopic (exact) mass is 307 g/mol. The van der Waals surface area contributed by atoms with Crippen molar-refractivity contribution in [2.24, 2.45) is 5.41 Å². The molecule has 0 amide bonds. The molecule has 0 bridgehead atoms. The molecule has 1 aromatic carbocycles. The van der Waals surface area contributed by atoms with Gasteiger partial charge in [-0.2, -0.15) is 12.6 Å². The highest BCUT2D eigenvalue weighted by molar-refractivity contribution is 7.80. The molecule has 0 heterocycles. The van der Waals surface area contributed by atoms with Crippen LogP contribution in [0, 0.1) is 5.41 Å². The van der Waals surface area contributed by atoms with E-state index in [2.05, 4.69) is 47.9 Å². The van der Waals surface area contributed by atoms with Gasteiger partial charge in [-0.25, -0.2) is 0 Å². The Bertz CT molecular complexity index is 387. The molecule has 1 saturated carbocycles. The molecule has 1 aliphatic rings. The van der Waals surface area contributed by atoms with E-state index in [0.717, 1.165) is 25.4 Å². The number of nitrogens with zero attached hydrogens (tertiary/aromatic N) is 1. The van der Waals surface area contributed by atoms with Crippen molar-refractivity contribution in [3.05, 3.63) is 35.9 Å². The van der Waals surface area contributed by atoms with Crippen LogP contribution in [0.15, 0.2) is 30.3 Å². The first kappa shape index (κ1) is 16.9. The van der Waals surface area contributed by atoms with Gasteiger partial charge in [0.1, 0.15) is 0 Å². The molecule has 0 unspecified atom stereocenters. The highest BCUT2D eigenvalue weighted by atomic mass is 32.1. The van der Waals surface area contributed by atoms with Gasteiger partial charge in [-0.15, -0.1) is 0 Å². The summed E-state index contributed by atoms with van der Waals surface area (Å²) in [5.41, 5.74) is 1.66. The van der Waals surface area contributed by atoms with Gasteiger partial charge in [-0.1, -0.05) is 56.0 Å². The van der Waals surface area contributed by atoms with E-state index in [0.29, 0.717) is 5.41 Å². The Balaban J connectivity index is 2.02. The summed E-state index contributed by atoms with van der Waals surface area (Å²) in [5, 5.41) is 9.40. The standard InChI is InChI=1S/C18H29NOS/c20-13-12-19(14-17-8-4-3-5-9-17)15-18(16-21)10-6-1-2-7-11-18/h3-5,8-9,20-21H,1-2,6-7,10-16H2. The van der Waals surface area contributed by atoms with Gasteiger partial charge in [-0.3, -0.25) is 4.90 Å². The number of benzene rings is 1. The largest absolute Gasteiger partial charge is 0.395 e. The number of aliphatic hydroxyl groups is 1. The highest BCUT2D eigenvalue weighted by Crippen LogP contribution is 2.37. The fourth-order valence-electron chi connectivity index (χ4n) is 3.52. The van der Waals surface area contributed by atoms with Gasteiger partial charge < -0.3 is 5.11 Å². The van der Waals surface area contributed by atoms with Crippen LogP contribution in [0.4, 0.5) is 0 Å². The van der Waals surface area contributed by atoms with E-state index in [9.17, 15) is 5.11 Å².